The van der Waals surface area contributed by atoms with Crippen LogP contribution in [-0.4, -0.2) is 48.7 Å². The molecule has 1 aliphatic carbocycles. The summed E-state index contributed by atoms with van der Waals surface area (Å²) in [4.78, 5) is 33.1. The van der Waals surface area contributed by atoms with Crippen LogP contribution in [0.1, 0.15) is 55.9 Å². The zero-order valence-corrected chi connectivity index (χ0v) is 22.8. The lowest BCUT2D eigenvalue weighted by Gasteiger charge is -2.40. The molecule has 2 aliphatic rings. The topological polar surface area (TPSA) is 97.6 Å². The summed E-state index contributed by atoms with van der Waals surface area (Å²) in [6.07, 6.45) is 5.39. The van der Waals surface area contributed by atoms with Crippen molar-refractivity contribution in [2.75, 3.05) is 6.61 Å². The van der Waals surface area contributed by atoms with Crippen LogP contribution in [0.4, 0.5) is 4.39 Å². The number of aromatic nitrogens is 3. The summed E-state index contributed by atoms with van der Waals surface area (Å²) in [6.45, 7) is -0.222. The van der Waals surface area contributed by atoms with Crippen LogP contribution < -0.4 is 0 Å². The Morgan fingerprint density at radius 2 is 1.80 bits per heavy atom. The molecule has 1 saturated carbocycles. The Bertz CT molecular complexity index is 1640. The van der Waals surface area contributed by atoms with Gasteiger partial charge in [-0.1, -0.05) is 35.3 Å². The van der Waals surface area contributed by atoms with Crippen molar-refractivity contribution in [3.8, 4) is 0 Å². The van der Waals surface area contributed by atoms with E-state index in [0.29, 0.717) is 34.1 Å². The van der Waals surface area contributed by atoms with Crippen molar-refractivity contribution in [2.24, 2.45) is 7.05 Å². The van der Waals surface area contributed by atoms with Gasteiger partial charge >= 0.3 is 0 Å². The predicted molar refractivity (Wildman–Crippen MR) is 145 cm³/mol. The Kier molecular flexibility index (Phi) is 6.50. The van der Waals surface area contributed by atoms with Crippen molar-refractivity contribution in [3.63, 3.8) is 0 Å². The fourth-order valence-corrected chi connectivity index (χ4v) is 5.20. The van der Waals surface area contributed by atoms with Gasteiger partial charge in [0.05, 0.1) is 52.4 Å². The molecule has 0 saturated heterocycles. The zero-order chi connectivity index (χ0) is 28.2. The van der Waals surface area contributed by atoms with E-state index < -0.39 is 28.8 Å². The molecule has 1 amide bonds. The van der Waals surface area contributed by atoms with E-state index in [2.05, 4.69) is 10.1 Å². The van der Waals surface area contributed by atoms with Gasteiger partial charge in [0, 0.05) is 35.6 Å². The van der Waals surface area contributed by atoms with Gasteiger partial charge in [-0.3, -0.25) is 24.2 Å². The minimum atomic E-state index is -1.78. The van der Waals surface area contributed by atoms with Gasteiger partial charge < -0.3 is 9.84 Å². The number of fused-ring (bicyclic) bond motifs is 1. The summed E-state index contributed by atoms with van der Waals surface area (Å²) in [5.74, 6) is -1.85. The van der Waals surface area contributed by atoms with Gasteiger partial charge in [-0.2, -0.15) is 5.10 Å². The number of ether oxygens (including phenoxy) is 1. The number of nitrogens with zero attached hydrogens (tertiary/aromatic N) is 4. The van der Waals surface area contributed by atoms with Crippen LogP contribution in [0.5, 0.6) is 0 Å². The summed E-state index contributed by atoms with van der Waals surface area (Å²) in [6, 6.07) is 12.3. The molecule has 0 spiro atoms. The molecular formula is C29H23Cl2FN4O4. The average molecular weight is 581 g/mol. The SMILES string of the molecule is Cn1cc(C(=O)c2cc(F)c3c(c2)C(=O)N(Cc2ccc(Cl)cn2)[C@@]3(OCC2(O)CC2)c2ccc(Cl)cc2)cn1. The van der Waals surface area contributed by atoms with Crippen molar-refractivity contribution in [3.05, 3.63) is 116 Å². The molecule has 1 fully saturated rings. The fraction of sp³-hybridized carbons (Fsp3) is 0.241. The zero-order valence-electron chi connectivity index (χ0n) is 21.3. The van der Waals surface area contributed by atoms with E-state index in [1.54, 1.807) is 43.4 Å². The number of amides is 1. The number of aliphatic hydroxyl groups is 1. The lowest BCUT2D eigenvalue weighted by atomic mass is 9.90. The van der Waals surface area contributed by atoms with Crippen LogP contribution >= 0.6 is 23.2 Å². The maximum atomic E-state index is 16.3. The van der Waals surface area contributed by atoms with Crippen LogP contribution in [0, 0.1) is 5.82 Å². The smallest absolute Gasteiger partial charge is 0.257 e. The first kappa shape index (κ1) is 26.6. The van der Waals surface area contributed by atoms with Gasteiger partial charge in [-0.05, 0) is 49.2 Å². The highest BCUT2D eigenvalue weighted by Crippen LogP contribution is 2.49. The first-order valence-electron chi connectivity index (χ1n) is 12.5. The summed E-state index contributed by atoms with van der Waals surface area (Å²) < 4.78 is 24.2. The molecule has 2 aromatic heterocycles. The number of pyridine rings is 1. The molecule has 1 aliphatic heterocycles. The summed E-state index contributed by atoms with van der Waals surface area (Å²) >= 11 is 12.2. The van der Waals surface area contributed by atoms with E-state index in [-0.39, 0.29) is 35.4 Å². The summed E-state index contributed by atoms with van der Waals surface area (Å²) in [7, 11) is 1.66. The number of hydrogen-bond acceptors (Lipinski definition) is 6. The largest absolute Gasteiger partial charge is 0.387 e. The predicted octanol–water partition coefficient (Wildman–Crippen LogP) is 4.89. The fourth-order valence-electron chi connectivity index (χ4n) is 4.96. The third kappa shape index (κ3) is 4.58. The van der Waals surface area contributed by atoms with E-state index in [0.717, 1.165) is 6.07 Å². The lowest BCUT2D eigenvalue weighted by molar-refractivity contribution is -0.139. The van der Waals surface area contributed by atoms with Gasteiger partial charge in [0.2, 0.25) is 0 Å². The maximum Gasteiger partial charge on any atom is 0.257 e. The third-order valence-corrected chi connectivity index (χ3v) is 7.71. The summed E-state index contributed by atoms with van der Waals surface area (Å²) in [5.41, 5.74) is -1.80. The molecule has 0 bridgehead atoms. The molecule has 204 valence electrons. The number of hydrogen-bond donors (Lipinski definition) is 1. The standard InChI is InChI=1S/C29H23Cl2FN4O4/c1-35-14-18(12-34-35)26(37)17-10-23-25(24(32)11-17)29(40-16-28(39)8-9-28,19-2-4-20(30)5-3-19)36(27(23)38)15-22-7-6-21(31)13-33-22/h2-7,10-14,39H,8-9,15-16H2,1H3/t29-/m1/s1. The highest BCUT2D eigenvalue weighted by atomic mass is 35.5. The molecule has 1 atom stereocenters. The minimum absolute atomic E-state index is 0.00473. The second-order valence-electron chi connectivity index (χ2n) is 10.1. The molecule has 40 heavy (non-hydrogen) atoms. The monoisotopic (exact) mass is 580 g/mol. The van der Waals surface area contributed by atoms with E-state index in [1.807, 2.05) is 0 Å². The first-order chi connectivity index (χ1) is 19.1. The molecule has 0 radical (unpaired) electrons. The van der Waals surface area contributed by atoms with E-state index >= 15 is 4.39 Å². The molecule has 6 rings (SSSR count). The molecule has 8 nitrogen and oxygen atoms in total. The Balaban J connectivity index is 1.55. The number of rotatable bonds is 8. The van der Waals surface area contributed by atoms with E-state index in [1.165, 1.54) is 34.2 Å². The van der Waals surface area contributed by atoms with Crippen molar-refractivity contribution < 1.29 is 23.8 Å². The first-order valence-corrected chi connectivity index (χ1v) is 13.3. The summed E-state index contributed by atoms with van der Waals surface area (Å²) in [5, 5.41) is 15.6. The molecule has 1 N–H and O–H groups in total. The number of halogens is 3. The number of carbonyl (C=O) groups excluding carboxylic acids is 2. The molecule has 2 aromatic carbocycles. The highest BCUT2D eigenvalue weighted by Gasteiger charge is 2.56. The third-order valence-electron chi connectivity index (χ3n) is 7.24. The molecular weight excluding hydrogens is 558 g/mol. The van der Waals surface area contributed by atoms with Gasteiger partial charge in [0.25, 0.3) is 5.91 Å². The van der Waals surface area contributed by atoms with Gasteiger partial charge in [-0.15, -0.1) is 0 Å². The quantitative estimate of drug-likeness (QED) is 0.298. The van der Waals surface area contributed by atoms with Crippen LogP contribution in [0.15, 0.2) is 67.1 Å². The second-order valence-corrected chi connectivity index (χ2v) is 11.0. The second kappa shape index (κ2) is 9.78. The Labute approximate surface area is 238 Å². The van der Waals surface area contributed by atoms with Crippen LogP contribution in [-0.2, 0) is 24.1 Å². The van der Waals surface area contributed by atoms with Crippen molar-refractivity contribution in [1.29, 1.82) is 0 Å². The van der Waals surface area contributed by atoms with Crippen LogP contribution in [0.2, 0.25) is 10.0 Å². The molecule has 0 unspecified atom stereocenters. The molecule has 3 heterocycles. The Morgan fingerprint density at radius 3 is 2.42 bits per heavy atom. The minimum Gasteiger partial charge on any atom is -0.387 e. The Morgan fingerprint density at radius 1 is 1.07 bits per heavy atom. The van der Waals surface area contributed by atoms with E-state index in [4.69, 9.17) is 27.9 Å². The van der Waals surface area contributed by atoms with Crippen molar-refractivity contribution in [1.82, 2.24) is 19.7 Å². The van der Waals surface area contributed by atoms with Crippen molar-refractivity contribution >= 4 is 34.9 Å². The van der Waals surface area contributed by atoms with Gasteiger partial charge in [0.1, 0.15) is 5.82 Å². The average Bonchev–Trinajstić information content (AvgIpc) is 3.43. The number of aryl methyl sites for hydroxylation is 1. The van der Waals surface area contributed by atoms with Gasteiger partial charge in [-0.25, -0.2) is 4.39 Å². The maximum absolute atomic E-state index is 16.3. The lowest BCUT2D eigenvalue weighted by Crippen LogP contribution is -2.48. The number of benzene rings is 2. The number of carbonyl (C=O) groups is 2. The Hall–Kier alpha value is -3.63. The molecule has 11 heteroatoms. The van der Waals surface area contributed by atoms with Crippen molar-refractivity contribution in [2.45, 2.75) is 30.7 Å². The van der Waals surface area contributed by atoms with Gasteiger partial charge in [0.15, 0.2) is 11.5 Å². The highest BCUT2D eigenvalue weighted by molar-refractivity contribution is 6.30. The number of ketones is 1. The normalized spacial score (nSPS) is 19.1. The molecule has 4 aromatic rings. The van der Waals surface area contributed by atoms with E-state index in [9.17, 15) is 14.7 Å². The van der Waals surface area contributed by atoms with Crippen LogP contribution in [0.25, 0.3) is 0 Å². The van der Waals surface area contributed by atoms with Crippen LogP contribution in [0.3, 0.4) is 0 Å².